The second kappa shape index (κ2) is 6.74. The van der Waals surface area contributed by atoms with E-state index in [0.717, 1.165) is 0 Å². The lowest BCUT2D eigenvalue weighted by molar-refractivity contribution is -0.136. The average molecular weight is 293 g/mol. The number of pyridine rings is 1. The van der Waals surface area contributed by atoms with Gasteiger partial charge in [-0.25, -0.2) is 9.59 Å². The van der Waals surface area contributed by atoms with E-state index in [4.69, 9.17) is 10.5 Å². The number of ether oxygens (including phenoxy) is 2. The Kier molecular flexibility index (Phi) is 5.29. The van der Waals surface area contributed by atoms with Crippen LogP contribution in [0.25, 0.3) is 6.08 Å². The topological polar surface area (TPSA) is 104 Å². The molecule has 0 spiro atoms. The number of carbonyl (C=O) groups excluding carboxylic acids is 2. The SMILES string of the molecule is COC(=O)/C(=C/c1ncccc1N)NC(=O)OC(C)(C)C. The van der Waals surface area contributed by atoms with Crippen molar-refractivity contribution in [3.05, 3.63) is 29.7 Å². The highest BCUT2D eigenvalue weighted by molar-refractivity contribution is 5.97. The first-order chi connectivity index (χ1) is 9.73. The van der Waals surface area contributed by atoms with Crippen molar-refractivity contribution in [2.45, 2.75) is 26.4 Å². The summed E-state index contributed by atoms with van der Waals surface area (Å²) in [7, 11) is 1.20. The van der Waals surface area contributed by atoms with E-state index in [1.54, 1.807) is 32.9 Å². The van der Waals surface area contributed by atoms with Crippen molar-refractivity contribution in [2.75, 3.05) is 12.8 Å². The summed E-state index contributed by atoms with van der Waals surface area (Å²) in [6, 6.07) is 3.28. The zero-order valence-corrected chi connectivity index (χ0v) is 12.5. The molecule has 7 heteroatoms. The van der Waals surface area contributed by atoms with Crippen LogP contribution in [0.2, 0.25) is 0 Å². The summed E-state index contributed by atoms with van der Waals surface area (Å²) in [5, 5.41) is 2.33. The van der Waals surface area contributed by atoms with E-state index < -0.39 is 17.7 Å². The molecule has 3 N–H and O–H groups in total. The molecule has 0 saturated heterocycles. The summed E-state index contributed by atoms with van der Waals surface area (Å²) >= 11 is 0. The van der Waals surface area contributed by atoms with E-state index in [9.17, 15) is 9.59 Å². The van der Waals surface area contributed by atoms with Crippen LogP contribution >= 0.6 is 0 Å². The van der Waals surface area contributed by atoms with Crippen LogP contribution in [0.5, 0.6) is 0 Å². The van der Waals surface area contributed by atoms with Crippen molar-refractivity contribution in [2.24, 2.45) is 0 Å². The molecule has 0 radical (unpaired) electrons. The predicted molar refractivity (Wildman–Crippen MR) is 78.0 cm³/mol. The molecule has 0 aliphatic rings. The highest BCUT2D eigenvalue weighted by Crippen LogP contribution is 2.13. The number of hydrogen-bond acceptors (Lipinski definition) is 6. The Morgan fingerprint density at radius 2 is 2.05 bits per heavy atom. The van der Waals surface area contributed by atoms with Gasteiger partial charge in [-0.1, -0.05) is 0 Å². The molecular formula is C14H19N3O4. The lowest BCUT2D eigenvalue weighted by atomic mass is 10.2. The Morgan fingerprint density at radius 1 is 1.38 bits per heavy atom. The van der Waals surface area contributed by atoms with Crippen LogP contribution in [0.3, 0.4) is 0 Å². The Balaban J connectivity index is 3.00. The standard InChI is InChI=1S/C14H19N3O4/c1-14(2,3)21-13(19)17-11(12(18)20-4)8-10-9(15)6-5-7-16-10/h5-8H,15H2,1-4H3,(H,17,19)/b11-8-. The number of nitrogens with two attached hydrogens (primary N) is 1. The molecule has 1 aromatic heterocycles. The summed E-state index contributed by atoms with van der Waals surface area (Å²) in [6.45, 7) is 5.14. The molecule has 21 heavy (non-hydrogen) atoms. The first-order valence-electron chi connectivity index (χ1n) is 6.23. The molecule has 0 aliphatic carbocycles. The summed E-state index contributed by atoms with van der Waals surface area (Å²) < 4.78 is 9.69. The Morgan fingerprint density at radius 3 is 2.57 bits per heavy atom. The second-order valence-corrected chi connectivity index (χ2v) is 5.15. The number of nitrogens with zero attached hydrogens (tertiary/aromatic N) is 1. The third-order valence-corrected chi connectivity index (χ3v) is 2.19. The van der Waals surface area contributed by atoms with Gasteiger partial charge in [0.05, 0.1) is 18.5 Å². The van der Waals surface area contributed by atoms with Crippen molar-refractivity contribution in [1.29, 1.82) is 0 Å². The van der Waals surface area contributed by atoms with Crippen LogP contribution < -0.4 is 11.1 Å². The summed E-state index contributed by atoms with van der Waals surface area (Å²) in [5.74, 6) is -0.731. The van der Waals surface area contributed by atoms with Crippen molar-refractivity contribution in [3.63, 3.8) is 0 Å². The molecular weight excluding hydrogens is 274 g/mol. The van der Waals surface area contributed by atoms with Crippen molar-refractivity contribution < 1.29 is 19.1 Å². The molecule has 114 valence electrons. The molecule has 0 atom stereocenters. The highest BCUT2D eigenvalue weighted by Gasteiger charge is 2.20. The quantitative estimate of drug-likeness (QED) is 0.649. The van der Waals surface area contributed by atoms with Gasteiger partial charge in [0.15, 0.2) is 0 Å². The maximum absolute atomic E-state index is 11.7. The van der Waals surface area contributed by atoms with E-state index in [2.05, 4.69) is 15.0 Å². The maximum Gasteiger partial charge on any atom is 0.412 e. The van der Waals surface area contributed by atoms with Gasteiger partial charge < -0.3 is 15.2 Å². The van der Waals surface area contributed by atoms with Gasteiger partial charge in [-0.15, -0.1) is 0 Å². The van der Waals surface area contributed by atoms with Crippen LogP contribution in [0.15, 0.2) is 24.0 Å². The van der Waals surface area contributed by atoms with Crippen LogP contribution in [-0.2, 0) is 14.3 Å². The fourth-order valence-corrected chi connectivity index (χ4v) is 1.36. The van der Waals surface area contributed by atoms with Crippen molar-refractivity contribution >= 4 is 23.8 Å². The summed E-state index contributed by atoms with van der Waals surface area (Å²) in [4.78, 5) is 27.4. The van der Waals surface area contributed by atoms with Gasteiger partial charge in [-0.2, -0.15) is 0 Å². The van der Waals surface area contributed by atoms with E-state index in [1.165, 1.54) is 19.4 Å². The number of methoxy groups -OCH3 is 1. The largest absolute Gasteiger partial charge is 0.464 e. The fraction of sp³-hybridized carbons (Fsp3) is 0.357. The van der Waals surface area contributed by atoms with Gasteiger partial charge in [-0.3, -0.25) is 10.3 Å². The molecule has 1 aromatic rings. The molecule has 1 heterocycles. The smallest absolute Gasteiger partial charge is 0.412 e. The maximum atomic E-state index is 11.7. The lowest BCUT2D eigenvalue weighted by Gasteiger charge is -2.20. The van der Waals surface area contributed by atoms with Crippen molar-refractivity contribution in [1.82, 2.24) is 10.3 Å². The normalized spacial score (nSPS) is 11.7. The van der Waals surface area contributed by atoms with Gasteiger partial charge in [0.2, 0.25) is 0 Å². The van der Waals surface area contributed by atoms with Gasteiger partial charge >= 0.3 is 12.1 Å². The molecule has 0 aromatic carbocycles. The third kappa shape index (κ3) is 5.52. The Bertz CT molecular complexity index is 562. The monoisotopic (exact) mass is 293 g/mol. The molecule has 0 fully saturated rings. The number of nitrogen functional groups attached to an aromatic ring is 1. The van der Waals surface area contributed by atoms with Crippen LogP contribution in [0.1, 0.15) is 26.5 Å². The second-order valence-electron chi connectivity index (χ2n) is 5.15. The fourth-order valence-electron chi connectivity index (χ4n) is 1.36. The van der Waals surface area contributed by atoms with E-state index in [0.29, 0.717) is 11.4 Å². The molecule has 7 nitrogen and oxygen atoms in total. The average Bonchev–Trinajstić information content (AvgIpc) is 2.37. The number of aromatic nitrogens is 1. The van der Waals surface area contributed by atoms with Gasteiger partial charge in [0, 0.05) is 6.20 Å². The number of nitrogens with one attached hydrogen (secondary N) is 1. The molecule has 0 aliphatic heterocycles. The Labute approximate surface area is 123 Å². The first-order valence-corrected chi connectivity index (χ1v) is 6.23. The third-order valence-electron chi connectivity index (χ3n) is 2.19. The van der Waals surface area contributed by atoms with Gasteiger partial charge in [0.1, 0.15) is 11.3 Å². The van der Waals surface area contributed by atoms with Gasteiger partial charge in [0.25, 0.3) is 0 Å². The van der Waals surface area contributed by atoms with E-state index >= 15 is 0 Å². The van der Waals surface area contributed by atoms with Crippen molar-refractivity contribution in [3.8, 4) is 0 Å². The number of carbonyl (C=O) groups is 2. The summed E-state index contributed by atoms with van der Waals surface area (Å²) in [5.41, 5.74) is 5.65. The predicted octanol–water partition coefficient (Wildman–Crippen LogP) is 1.70. The van der Waals surface area contributed by atoms with Crippen LogP contribution in [0.4, 0.5) is 10.5 Å². The zero-order valence-electron chi connectivity index (χ0n) is 12.5. The van der Waals surface area contributed by atoms with E-state index in [-0.39, 0.29) is 5.70 Å². The van der Waals surface area contributed by atoms with E-state index in [1.807, 2.05) is 0 Å². The molecule has 0 unspecified atom stereocenters. The minimum absolute atomic E-state index is 0.114. The number of hydrogen-bond donors (Lipinski definition) is 2. The first kappa shape index (κ1) is 16.5. The van der Waals surface area contributed by atoms with Gasteiger partial charge in [-0.05, 0) is 39.0 Å². The lowest BCUT2D eigenvalue weighted by Crippen LogP contribution is -2.34. The molecule has 0 bridgehead atoms. The van der Waals surface area contributed by atoms with Crippen LogP contribution in [-0.4, -0.2) is 29.8 Å². The number of amides is 1. The zero-order chi connectivity index (χ0) is 16.0. The minimum Gasteiger partial charge on any atom is -0.464 e. The molecule has 1 amide bonds. The number of alkyl carbamates (subject to hydrolysis) is 1. The molecule has 1 rings (SSSR count). The summed E-state index contributed by atoms with van der Waals surface area (Å²) in [6.07, 6.45) is 2.07. The minimum atomic E-state index is -0.770. The highest BCUT2D eigenvalue weighted by atomic mass is 16.6. The molecule has 0 saturated carbocycles. The number of anilines is 1. The van der Waals surface area contributed by atoms with Crippen LogP contribution in [0, 0.1) is 0 Å². The Hall–Kier alpha value is -2.57. The number of rotatable bonds is 3. The number of esters is 1.